The van der Waals surface area contributed by atoms with Gasteiger partial charge >= 0.3 is 0 Å². The molecule has 0 spiro atoms. The van der Waals surface area contributed by atoms with Crippen molar-refractivity contribution in [3.8, 4) is 0 Å². The lowest BCUT2D eigenvalue weighted by atomic mass is 10.1. The summed E-state index contributed by atoms with van der Waals surface area (Å²) in [7, 11) is 1.59. The van der Waals surface area contributed by atoms with Crippen molar-refractivity contribution in [1.29, 1.82) is 0 Å². The van der Waals surface area contributed by atoms with E-state index in [0.29, 0.717) is 17.1 Å². The fourth-order valence-electron chi connectivity index (χ4n) is 1.85. The van der Waals surface area contributed by atoms with E-state index in [-0.39, 0.29) is 5.91 Å². The van der Waals surface area contributed by atoms with Crippen LogP contribution >= 0.6 is 11.6 Å². The minimum absolute atomic E-state index is 0.186. The Hall–Kier alpha value is -2.00. The molecule has 0 saturated heterocycles. The lowest BCUT2D eigenvalue weighted by Crippen LogP contribution is -2.18. The molecule has 0 aromatic heterocycles. The molecule has 0 saturated carbocycles. The Balaban J connectivity index is 2.10. The molecule has 0 heterocycles. The van der Waals surface area contributed by atoms with Crippen LogP contribution in [0, 0.1) is 6.92 Å². The topological polar surface area (TPSA) is 41.1 Å². The summed E-state index contributed by atoms with van der Waals surface area (Å²) in [5, 5.41) is 6.32. The average molecular weight is 289 g/mol. The second-order valence-electron chi connectivity index (χ2n) is 4.61. The van der Waals surface area contributed by atoms with Gasteiger partial charge in [-0.2, -0.15) is 0 Å². The van der Waals surface area contributed by atoms with E-state index in [9.17, 15) is 4.79 Å². The van der Waals surface area contributed by atoms with Gasteiger partial charge in [0.2, 0.25) is 0 Å². The van der Waals surface area contributed by atoms with Gasteiger partial charge in [0.05, 0.1) is 10.6 Å². The molecular weight excluding hydrogens is 272 g/mol. The molecule has 2 rings (SSSR count). The molecule has 0 bridgehead atoms. The first-order chi connectivity index (χ1) is 9.60. The van der Waals surface area contributed by atoms with E-state index in [1.807, 2.05) is 6.07 Å². The van der Waals surface area contributed by atoms with Crippen molar-refractivity contribution >= 4 is 23.2 Å². The first kappa shape index (κ1) is 14.4. The summed E-state index contributed by atoms with van der Waals surface area (Å²) in [5.41, 5.74) is 3.77. The summed E-state index contributed by atoms with van der Waals surface area (Å²) >= 11 is 6.02. The normalized spacial score (nSPS) is 10.2. The van der Waals surface area contributed by atoms with Gasteiger partial charge in [0.25, 0.3) is 5.91 Å². The van der Waals surface area contributed by atoms with E-state index in [0.717, 1.165) is 5.69 Å². The Labute approximate surface area is 124 Å². The summed E-state index contributed by atoms with van der Waals surface area (Å²) in [6.45, 7) is 2.77. The predicted molar refractivity (Wildman–Crippen MR) is 83.3 cm³/mol. The summed E-state index contributed by atoms with van der Waals surface area (Å²) in [4.78, 5) is 11.7. The van der Waals surface area contributed by atoms with Crippen molar-refractivity contribution in [1.82, 2.24) is 5.32 Å². The number of rotatable bonds is 4. The zero-order valence-electron chi connectivity index (χ0n) is 11.5. The Kier molecular flexibility index (Phi) is 4.64. The van der Waals surface area contributed by atoms with Gasteiger partial charge in [-0.1, -0.05) is 41.4 Å². The molecule has 0 aliphatic carbocycles. The van der Waals surface area contributed by atoms with Crippen molar-refractivity contribution in [2.75, 3.05) is 12.4 Å². The van der Waals surface area contributed by atoms with Gasteiger partial charge in [-0.15, -0.1) is 0 Å². The molecular formula is C16H17ClN2O. The van der Waals surface area contributed by atoms with Crippen molar-refractivity contribution in [3.63, 3.8) is 0 Å². The van der Waals surface area contributed by atoms with Gasteiger partial charge in [-0.25, -0.2) is 0 Å². The molecule has 104 valence electrons. The second kappa shape index (κ2) is 6.44. The van der Waals surface area contributed by atoms with Crippen LogP contribution in [0.5, 0.6) is 0 Å². The van der Waals surface area contributed by atoms with Crippen LogP contribution in [0.1, 0.15) is 21.5 Å². The highest BCUT2D eigenvalue weighted by Gasteiger charge is 2.09. The molecule has 0 aliphatic heterocycles. The fraction of sp³-hybridized carbons (Fsp3) is 0.188. The molecule has 2 aromatic rings. The fourth-order valence-corrected chi connectivity index (χ4v) is 2.06. The summed E-state index contributed by atoms with van der Waals surface area (Å²) in [6.07, 6.45) is 0. The monoisotopic (exact) mass is 288 g/mol. The molecule has 2 aromatic carbocycles. The number of benzene rings is 2. The number of anilines is 1. The maximum Gasteiger partial charge on any atom is 0.252 e. The first-order valence-corrected chi connectivity index (χ1v) is 6.79. The number of aryl methyl sites for hydroxylation is 1. The largest absolute Gasteiger partial charge is 0.381 e. The third-order valence-corrected chi connectivity index (χ3v) is 3.38. The minimum Gasteiger partial charge on any atom is -0.381 e. The van der Waals surface area contributed by atoms with Crippen molar-refractivity contribution in [2.45, 2.75) is 13.5 Å². The molecule has 20 heavy (non-hydrogen) atoms. The van der Waals surface area contributed by atoms with Gasteiger partial charge in [0.1, 0.15) is 0 Å². The van der Waals surface area contributed by atoms with Gasteiger partial charge in [0.15, 0.2) is 0 Å². The smallest absolute Gasteiger partial charge is 0.252 e. The highest BCUT2D eigenvalue weighted by molar-refractivity contribution is 6.34. The summed E-state index contributed by atoms with van der Waals surface area (Å²) in [6, 6.07) is 13.7. The van der Waals surface area contributed by atoms with Crippen LogP contribution in [0.25, 0.3) is 0 Å². The first-order valence-electron chi connectivity index (χ1n) is 6.41. The maximum absolute atomic E-state index is 11.7. The maximum atomic E-state index is 11.7. The van der Waals surface area contributed by atoms with Crippen LogP contribution in [0.4, 0.5) is 5.69 Å². The van der Waals surface area contributed by atoms with Crippen LogP contribution in [-0.4, -0.2) is 13.0 Å². The Morgan fingerprint density at radius 3 is 2.50 bits per heavy atom. The van der Waals surface area contributed by atoms with E-state index in [2.05, 4.69) is 41.8 Å². The van der Waals surface area contributed by atoms with Crippen LogP contribution in [0.15, 0.2) is 42.5 Å². The molecule has 1 amide bonds. The summed E-state index contributed by atoms with van der Waals surface area (Å²) in [5.74, 6) is -0.186. The zero-order chi connectivity index (χ0) is 14.5. The minimum atomic E-state index is -0.186. The number of halogens is 1. The number of amides is 1. The second-order valence-corrected chi connectivity index (χ2v) is 5.02. The van der Waals surface area contributed by atoms with Gasteiger partial charge in [0, 0.05) is 19.3 Å². The van der Waals surface area contributed by atoms with Crippen LogP contribution in [-0.2, 0) is 6.54 Å². The Morgan fingerprint density at radius 1 is 1.15 bits per heavy atom. The van der Waals surface area contributed by atoms with Crippen molar-refractivity contribution in [3.05, 3.63) is 64.2 Å². The van der Waals surface area contributed by atoms with E-state index in [1.165, 1.54) is 11.1 Å². The van der Waals surface area contributed by atoms with Gasteiger partial charge in [-0.05, 0) is 30.7 Å². The number of carbonyl (C=O) groups excluding carboxylic acids is 1. The quantitative estimate of drug-likeness (QED) is 0.902. The van der Waals surface area contributed by atoms with E-state index in [4.69, 9.17) is 11.6 Å². The molecule has 0 unspecified atom stereocenters. The number of carbonyl (C=O) groups is 1. The molecule has 0 radical (unpaired) electrons. The average Bonchev–Trinajstić information content (AvgIpc) is 2.47. The lowest BCUT2D eigenvalue weighted by molar-refractivity contribution is 0.0963. The highest BCUT2D eigenvalue weighted by Crippen LogP contribution is 2.21. The molecule has 3 nitrogen and oxygen atoms in total. The van der Waals surface area contributed by atoms with Crippen LogP contribution < -0.4 is 10.6 Å². The molecule has 0 aliphatic rings. The third kappa shape index (κ3) is 3.52. The third-order valence-electron chi connectivity index (χ3n) is 3.06. The van der Waals surface area contributed by atoms with E-state index in [1.54, 1.807) is 19.2 Å². The molecule has 2 N–H and O–H groups in total. The predicted octanol–water partition coefficient (Wildman–Crippen LogP) is 3.62. The van der Waals surface area contributed by atoms with Crippen molar-refractivity contribution in [2.24, 2.45) is 0 Å². The molecule has 4 heteroatoms. The Bertz CT molecular complexity index is 608. The Morgan fingerprint density at radius 2 is 1.85 bits per heavy atom. The number of nitrogens with one attached hydrogen (secondary N) is 2. The highest BCUT2D eigenvalue weighted by atomic mass is 35.5. The van der Waals surface area contributed by atoms with Crippen LogP contribution in [0.2, 0.25) is 5.02 Å². The molecule has 0 fully saturated rings. The SMILES string of the molecule is CNC(=O)c1cc(NCc2ccc(C)cc2)ccc1Cl. The standard InChI is InChI=1S/C16H17ClN2O/c1-11-3-5-12(6-4-11)10-19-13-7-8-15(17)14(9-13)16(20)18-2/h3-9,19H,10H2,1-2H3,(H,18,20). The van der Waals surface area contributed by atoms with Crippen LogP contribution in [0.3, 0.4) is 0 Å². The van der Waals surface area contributed by atoms with Gasteiger partial charge < -0.3 is 10.6 Å². The van der Waals surface area contributed by atoms with E-state index < -0.39 is 0 Å². The number of hydrogen-bond acceptors (Lipinski definition) is 2. The summed E-state index contributed by atoms with van der Waals surface area (Å²) < 4.78 is 0. The molecule has 0 atom stereocenters. The van der Waals surface area contributed by atoms with Crippen molar-refractivity contribution < 1.29 is 4.79 Å². The number of hydrogen-bond donors (Lipinski definition) is 2. The lowest BCUT2D eigenvalue weighted by Gasteiger charge is -2.09. The zero-order valence-corrected chi connectivity index (χ0v) is 12.3. The van der Waals surface area contributed by atoms with E-state index >= 15 is 0 Å². The van der Waals surface area contributed by atoms with Gasteiger partial charge in [-0.3, -0.25) is 4.79 Å².